The molecule has 0 bridgehead atoms. The molecule has 0 unspecified atom stereocenters. The van der Waals surface area contributed by atoms with Crippen LogP contribution < -0.4 is 4.72 Å². The highest BCUT2D eigenvalue weighted by atomic mass is 35.5. The lowest BCUT2D eigenvalue weighted by Crippen LogP contribution is -2.26. The lowest BCUT2D eigenvalue weighted by Gasteiger charge is -2.08. The summed E-state index contributed by atoms with van der Waals surface area (Å²) in [4.78, 5) is 0.294. The molecule has 0 aliphatic heterocycles. The topological polar surface area (TPSA) is 46.2 Å². The molecule has 130 valence electrons. The molecule has 0 aromatic heterocycles. The van der Waals surface area contributed by atoms with Crippen LogP contribution in [-0.4, -0.2) is 20.7 Å². The molecule has 6 heteroatoms. The fraction of sp³-hybridized carbons (Fsp3) is 0.158. The third kappa shape index (κ3) is 4.76. The summed E-state index contributed by atoms with van der Waals surface area (Å²) < 4.78 is 27.5. The van der Waals surface area contributed by atoms with Crippen molar-refractivity contribution in [2.24, 2.45) is 0 Å². The molecule has 0 aliphatic carbocycles. The standard InChI is InChI=1S/C19H18ClNO2S2/c20-19-8-4-3-7-17(19)14-24-12-11-21-25(22,23)18-10-9-15-5-1-2-6-16(15)13-18/h1-10,13,21H,11-12,14H2. The summed E-state index contributed by atoms with van der Waals surface area (Å²) in [7, 11) is -3.49. The van der Waals surface area contributed by atoms with Crippen molar-refractivity contribution in [2.45, 2.75) is 10.6 Å². The van der Waals surface area contributed by atoms with Gasteiger partial charge in [0.25, 0.3) is 0 Å². The van der Waals surface area contributed by atoms with Gasteiger partial charge in [0, 0.05) is 23.1 Å². The Balaban J connectivity index is 1.55. The van der Waals surface area contributed by atoms with E-state index in [1.54, 1.807) is 23.9 Å². The number of halogens is 1. The Bertz CT molecular complexity index is 974. The van der Waals surface area contributed by atoms with E-state index in [0.717, 1.165) is 27.1 Å². The first-order chi connectivity index (χ1) is 12.1. The van der Waals surface area contributed by atoms with Gasteiger partial charge in [-0.15, -0.1) is 0 Å². The Morgan fingerprint density at radius 3 is 2.44 bits per heavy atom. The van der Waals surface area contributed by atoms with Crippen molar-refractivity contribution in [2.75, 3.05) is 12.3 Å². The van der Waals surface area contributed by atoms with E-state index in [2.05, 4.69) is 4.72 Å². The molecule has 0 aliphatic rings. The average molecular weight is 392 g/mol. The van der Waals surface area contributed by atoms with E-state index in [4.69, 9.17) is 11.6 Å². The molecule has 0 saturated heterocycles. The smallest absolute Gasteiger partial charge is 0.210 e. The highest BCUT2D eigenvalue weighted by molar-refractivity contribution is 7.98. The molecule has 3 aromatic rings. The molecule has 3 rings (SSSR count). The predicted octanol–water partition coefficient (Wildman–Crippen LogP) is 4.70. The van der Waals surface area contributed by atoms with Crippen LogP contribution in [0.15, 0.2) is 71.6 Å². The van der Waals surface area contributed by atoms with E-state index in [0.29, 0.717) is 17.2 Å². The maximum Gasteiger partial charge on any atom is 0.240 e. The number of thioether (sulfide) groups is 1. The van der Waals surface area contributed by atoms with Gasteiger partial charge in [-0.05, 0) is 34.5 Å². The zero-order valence-electron chi connectivity index (χ0n) is 13.5. The summed E-state index contributed by atoms with van der Waals surface area (Å²) in [6, 6.07) is 20.6. The van der Waals surface area contributed by atoms with Gasteiger partial charge in [0.2, 0.25) is 10.0 Å². The number of rotatable bonds is 7. The number of sulfonamides is 1. The maximum absolute atomic E-state index is 12.4. The molecule has 25 heavy (non-hydrogen) atoms. The first kappa shape index (κ1) is 18.3. The van der Waals surface area contributed by atoms with E-state index in [1.807, 2.05) is 54.6 Å². The summed E-state index contributed by atoms with van der Waals surface area (Å²) in [5.74, 6) is 1.44. The Hall–Kier alpha value is -1.53. The first-order valence-electron chi connectivity index (χ1n) is 7.86. The van der Waals surface area contributed by atoms with Crippen LogP contribution in [0.3, 0.4) is 0 Å². The Kier molecular flexibility index (Phi) is 6.02. The summed E-state index contributed by atoms with van der Waals surface area (Å²) in [5, 5.41) is 2.68. The van der Waals surface area contributed by atoms with Crippen LogP contribution in [0.1, 0.15) is 5.56 Å². The predicted molar refractivity (Wildman–Crippen MR) is 107 cm³/mol. The van der Waals surface area contributed by atoms with Gasteiger partial charge in [-0.2, -0.15) is 11.8 Å². The van der Waals surface area contributed by atoms with Crippen LogP contribution in [0.25, 0.3) is 10.8 Å². The van der Waals surface area contributed by atoms with Crippen LogP contribution in [0, 0.1) is 0 Å². The van der Waals surface area contributed by atoms with E-state index >= 15 is 0 Å². The Morgan fingerprint density at radius 2 is 1.64 bits per heavy atom. The molecular formula is C19H18ClNO2S2. The second-order valence-electron chi connectivity index (χ2n) is 5.55. The largest absolute Gasteiger partial charge is 0.240 e. The van der Waals surface area contributed by atoms with Gasteiger partial charge in [-0.25, -0.2) is 13.1 Å². The van der Waals surface area contributed by atoms with Crippen molar-refractivity contribution >= 4 is 44.2 Å². The third-order valence-corrected chi connectivity index (χ3v) is 6.62. The van der Waals surface area contributed by atoms with Crippen LogP contribution in [0.2, 0.25) is 5.02 Å². The van der Waals surface area contributed by atoms with Crippen molar-refractivity contribution in [3.63, 3.8) is 0 Å². The molecule has 1 N–H and O–H groups in total. The van der Waals surface area contributed by atoms with Gasteiger partial charge in [-0.1, -0.05) is 60.1 Å². The van der Waals surface area contributed by atoms with Crippen LogP contribution in [0.5, 0.6) is 0 Å². The summed E-state index contributed by atoms with van der Waals surface area (Å²) >= 11 is 7.76. The monoisotopic (exact) mass is 391 g/mol. The normalized spacial score (nSPS) is 11.7. The van der Waals surface area contributed by atoms with Crippen molar-refractivity contribution in [1.29, 1.82) is 0 Å². The number of nitrogens with one attached hydrogen (secondary N) is 1. The van der Waals surface area contributed by atoms with Gasteiger partial charge in [0.15, 0.2) is 0 Å². The summed E-state index contributed by atoms with van der Waals surface area (Å²) in [5.41, 5.74) is 1.06. The van der Waals surface area contributed by atoms with E-state index < -0.39 is 10.0 Å². The number of benzene rings is 3. The molecule has 0 amide bonds. The second-order valence-corrected chi connectivity index (χ2v) is 8.83. The average Bonchev–Trinajstić information content (AvgIpc) is 2.62. The van der Waals surface area contributed by atoms with E-state index in [-0.39, 0.29) is 0 Å². The van der Waals surface area contributed by atoms with Crippen molar-refractivity contribution in [1.82, 2.24) is 4.72 Å². The fourth-order valence-electron chi connectivity index (χ4n) is 2.46. The van der Waals surface area contributed by atoms with Crippen LogP contribution >= 0.6 is 23.4 Å². The van der Waals surface area contributed by atoms with Gasteiger partial charge >= 0.3 is 0 Å². The summed E-state index contributed by atoms with van der Waals surface area (Å²) in [6.07, 6.45) is 0. The van der Waals surface area contributed by atoms with Crippen molar-refractivity contribution in [3.8, 4) is 0 Å². The minimum absolute atomic E-state index is 0.294. The summed E-state index contributed by atoms with van der Waals surface area (Å²) in [6.45, 7) is 0.379. The van der Waals surface area contributed by atoms with E-state index in [9.17, 15) is 8.42 Å². The lowest BCUT2D eigenvalue weighted by molar-refractivity contribution is 0.584. The van der Waals surface area contributed by atoms with Crippen molar-refractivity contribution in [3.05, 3.63) is 77.3 Å². The minimum atomic E-state index is -3.49. The molecule has 0 atom stereocenters. The molecule has 0 saturated carbocycles. The SMILES string of the molecule is O=S(=O)(NCCSCc1ccccc1Cl)c1ccc2ccccc2c1. The zero-order valence-corrected chi connectivity index (χ0v) is 15.9. The molecule has 3 aromatic carbocycles. The number of hydrogen-bond acceptors (Lipinski definition) is 3. The Morgan fingerprint density at radius 1 is 0.920 bits per heavy atom. The molecule has 0 fully saturated rings. The third-order valence-electron chi connectivity index (χ3n) is 3.79. The molecule has 3 nitrogen and oxygen atoms in total. The van der Waals surface area contributed by atoms with Crippen molar-refractivity contribution < 1.29 is 8.42 Å². The van der Waals surface area contributed by atoms with Gasteiger partial charge in [0.05, 0.1) is 4.90 Å². The number of hydrogen-bond donors (Lipinski definition) is 1. The quantitative estimate of drug-likeness (QED) is 0.593. The lowest BCUT2D eigenvalue weighted by atomic mass is 10.1. The Labute approximate surface area is 157 Å². The molecule has 0 radical (unpaired) electrons. The van der Waals surface area contributed by atoms with Gasteiger partial charge in [-0.3, -0.25) is 0 Å². The van der Waals surface area contributed by atoms with E-state index in [1.165, 1.54) is 0 Å². The number of fused-ring (bicyclic) bond motifs is 1. The fourth-order valence-corrected chi connectivity index (χ4v) is 4.80. The van der Waals surface area contributed by atoms with Gasteiger partial charge < -0.3 is 0 Å². The maximum atomic E-state index is 12.4. The molecule has 0 spiro atoms. The van der Waals surface area contributed by atoms with Crippen LogP contribution in [0.4, 0.5) is 0 Å². The first-order valence-corrected chi connectivity index (χ1v) is 10.9. The molecular weight excluding hydrogens is 374 g/mol. The van der Waals surface area contributed by atoms with Gasteiger partial charge in [0.1, 0.15) is 0 Å². The highest BCUT2D eigenvalue weighted by Gasteiger charge is 2.13. The molecule has 0 heterocycles. The van der Waals surface area contributed by atoms with Crippen LogP contribution in [-0.2, 0) is 15.8 Å². The zero-order chi connectivity index (χ0) is 17.7. The highest BCUT2D eigenvalue weighted by Crippen LogP contribution is 2.21. The second kappa shape index (κ2) is 8.23. The minimum Gasteiger partial charge on any atom is -0.210 e.